The molecule has 0 amide bonds. The Balaban J connectivity index is 2.63. The fourth-order valence-electron chi connectivity index (χ4n) is 1.68. The Morgan fingerprint density at radius 3 is 3.08 bits per heavy atom. The standard InChI is InChI=1S/C11H12O2/c1-7-3-4-9-8(2)6-11(12)13-10(9)5-7/h3-4,6-7H,5H2,1-2H3. The van der Waals surface area contributed by atoms with Crippen LogP contribution in [0, 0.1) is 12.8 Å². The number of allylic oxidation sites excluding steroid dienone is 1. The van der Waals surface area contributed by atoms with E-state index in [9.17, 15) is 4.79 Å². The minimum atomic E-state index is -0.237. The summed E-state index contributed by atoms with van der Waals surface area (Å²) in [6.07, 6.45) is 5.03. The highest BCUT2D eigenvalue weighted by molar-refractivity contribution is 5.57. The quantitative estimate of drug-likeness (QED) is 0.606. The highest BCUT2D eigenvalue weighted by Gasteiger charge is 2.14. The predicted octanol–water partition coefficient (Wildman–Crippen LogP) is 2.15. The Bertz CT molecular complexity index is 413. The first-order valence-electron chi connectivity index (χ1n) is 4.48. The Morgan fingerprint density at radius 2 is 2.31 bits per heavy atom. The van der Waals surface area contributed by atoms with Crippen LogP contribution in [0.25, 0.3) is 6.08 Å². The molecule has 2 rings (SSSR count). The average Bonchev–Trinajstić information content (AvgIpc) is 2.02. The first-order valence-corrected chi connectivity index (χ1v) is 4.48. The van der Waals surface area contributed by atoms with Gasteiger partial charge in [0.2, 0.25) is 0 Å². The molecule has 1 aromatic rings. The molecule has 0 fully saturated rings. The van der Waals surface area contributed by atoms with Crippen LogP contribution in [-0.2, 0) is 6.42 Å². The maximum Gasteiger partial charge on any atom is 0.336 e. The van der Waals surface area contributed by atoms with Crippen molar-refractivity contribution in [2.75, 3.05) is 0 Å². The summed E-state index contributed by atoms with van der Waals surface area (Å²) < 4.78 is 5.14. The molecule has 68 valence electrons. The zero-order valence-corrected chi connectivity index (χ0v) is 7.83. The highest BCUT2D eigenvalue weighted by atomic mass is 16.4. The molecule has 0 spiro atoms. The molecule has 1 aliphatic carbocycles. The van der Waals surface area contributed by atoms with E-state index >= 15 is 0 Å². The Morgan fingerprint density at radius 1 is 1.54 bits per heavy atom. The lowest BCUT2D eigenvalue weighted by Crippen LogP contribution is -2.10. The molecule has 13 heavy (non-hydrogen) atoms. The van der Waals surface area contributed by atoms with Gasteiger partial charge in [0, 0.05) is 18.1 Å². The van der Waals surface area contributed by atoms with Crippen LogP contribution in [0.4, 0.5) is 0 Å². The van der Waals surface area contributed by atoms with Gasteiger partial charge in [-0.25, -0.2) is 4.79 Å². The number of rotatable bonds is 0. The van der Waals surface area contributed by atoms with Gasteiger partial charge in [-0.15, -0.1) is 0 Å². The predicted molar refractivity (Wildman–Crippen MR) is 51.6 cm³/mol. The van der Waals surface area contributed by atoms with E-state index in [1.807, 2.05) is 13.0 Å². The Hall–Kier alpha value is -1.31. The fourth-order valence-corrected chi connectivity index (χ4v) is 1.68. The Labute approximate surface area is 76.9 Å². The van der Waals surface area contributed by atoms with E-state index in [0.717, 1.165) is 23.3 Å². The van der Waals surface area contributed by atoms with Crippen LogP contribution in [0.15, 0.2) is 21.4 Å². The van der Waals surface area contributed by atoms with Crippen LogP contribution in [0.5, 0.6) is 0 Å². The number of hydrogen-bond acceptors (Lipinski definition) is 2. The van der Waals surface area contributed by atoms with E-state index in [0.29, 0.717) is 5.92 Å². The lowest BCUT2D eigenvalue weighted by atomic mass is 9.94. The molecule has 2 heteroatoms. The molecule has 1 aromatic heterocycles. The second-order valence-electron chi connectivity index (χ2n) is 3.63. The minimum absolute atomic E-state index is 0.237. The van der Waals surface area contributed by atoms with Gasteiger partial charge in [0.15, 0.2) is 0 Å². The van der Waals surface area contributed by atoms with Gasteiger partial charge in [-0.3, -0.25) is 0 Å². The van der Waals surface area contributed by atoms with Crippen molar-refractivity contribution >= 4 is 6.08 Å². The third-order valence-corrected chi connectivity index (χ3v) is 2.38. The summed E-state index contributed by atoms with van der Waals surface area (Å²) in [5.74, 6) is 1.30. The second-order valence-corrected chi connectivity index (χ2v) is 3.63. The molecule has 0 aromatic carbocycles. The summed E-state index contributed by atoms with van der Waals surface area (Å²) in [6, 6.07) is 1.54. The maximum atomic E-state index is 11.1. The first kappa shape index (κ1) is 8.30. The van der Waals surface area contributed by atoms with Gasteiger partial charge in [0.25, 0.3) is 0 Å². The van der Waals surface area contributed by atoms with E-state index in [4.69, 9.17) is 4.42 Å². The van der Waals surface area contributed by atoms with Gasteiger partial charge in [0.05, 0.1) is 0 Å². The number of aryl methyl sites for hydroxylation is 1. The summed E-state index contributed by atoms with van der Waals surface area (Å²) in [5, 5.41) is 0. The summed E-state index contributed by atoms with van der Waals surface area (Å²) >= 11 is 0. The van der Waals surface area contributed by atoms with E-state index in [1.165, 1.54) is 0 Å². The van der Waals surface area contributed by atoms with Crippen molar-refractivity contribution < 1.29 is 4.42 Å². The SMILES string of the molecule is Cc1cc(=O)oc2c1C=CC(C)C2. The molecular weight excluding hydrogens is 164 g/mol. The summed E-state index contributed by atoms with van der Waals surface area (Å²) in [6.45, 7) is 4.05. The molecular formula is C11H12O2. The molecule has 0 bridgehead atoms. The second kappa shape index (κ2) is 2.87. The van der Waals surface area contributed by atoms with Crippen molar-refractivity contribution in [3.05, 3.63) is 39.4 Å². The molecule has 0 aliphatic heterocycles. The van der Waals surface area contributed by atoms with Crippen molar-refractivity contribution in [1.82, 2.24) is 0 Å². The first-order chi connectivity index (χ1) is 6.16. The lowest BCUT2D eigenvalue weighted by molar-refractivity contribution is 0.436. The van der Waals surface area contributed by atoms with Gasteiger partial charge in [-0.05, 0) is 18.4 Å². The van der Waals surface area contributed by atoms with E-state index in [-0.39, 0.29) is 5.63 Å². The molecule has 2 nitrogen and oxygen atoms in total. The highest BCUT2D eigenvalue weighted by Crippen LogP contribution is 2.23. The van der Waals surface area contributed by atoms with Crippen LogP contribution < -0.4 is 5.63 Å². The van der Waals surface area contributed by atoms with Crippen molar-refractivity contribution in [2.45, 2.75) is 20.3 Å². The molecule has 0 radical (unpaired) electrons. The maximum absolute atomic E-state index is 11.1. The summed E-state index contributed by atoms with van der Waals surface area (Å²) in [7, 11) is 0. The largest absolute Gasteiger partial charge is 0.427 e. The molecule has 1 aliphatic rings. The van der Waals surface area contributed by atoms with Crippen LogP contribution in [0.3, 0.4) is 0 Å². The lowest BCUT2D eigenvalue weighted by Gasteiger charge is -2.14. The topological polar surface area (TPSA) is 30.2 Å². The van der Waals surface area contributed by atoms with E-state index in [1.54, 1.807) is 6.07 Å². The van der Waals surface area contributed by atoms with Crippen LogP contribution in [0.1, 0.15) is 23.8 Å². The molecule has 1 atom stereocenters. The van der Waals surface area contributed by atoms with Gasteiger partial charge >= 0.3 is 5.63 Å². The monoisotopic (exact) mass is 176 g/mol. The van der Waals surface area contributed by atoms with Gasteiger partial charge < -0.3 is 4.42 Å². The molecule has 0 N–H and O–H groups in total. The number of fused-ring (bicyclic) bond motifs is 1. The molecule has 1 heterocycles. The molecule has 0 saturated carbocycles. The van der Waals surface area contributed by atoms with Crippen LogP contribution in [0.2, 0.25) is 0 Å². The van der Waals surface area contributed by atoms with Crippen molar-refractivity contribution in [1.29, 1.82) is 0 Å². The van der Waals surface area contributed by atoms with Gasteiger partial charge in [0.1, 0.15) is 5.76 Å². The van der Waals surface area contributed by atoms with Crippen molar-refractivity contribution in [3.63, 3.8) is 0 Å². The zero-order valence-electron chi connectivity index (χ0n) is 7.83. The minimum Gasteiger partial charge on any atom is -0.427 e. The third kappa shape index (κ3) is 1.44. The number of hydrogen-bond donors (Lipinski definition) is 0. The Kier molecular flexibility index (Phi) is 1.83. The average molecular weight is 176 g/mol. The van der Waals surface area contributed by atoms with Gasteiger partial charge in [-0.1, -0.05) is 19.1 Å². The smallest absolute Gasteiger partial charge is 0.336 e. The molecule has 0 saturated heterocycles. The zero-order chi connectivity index (χ0) is 9.42. The van der Waals surface area contributed by atoms with Gasteiger partial charge in [-0.2, -0.15) is 0 Å². The van der Waals surface area contributed by atoms with Crippen LogP contribution in [-0.4, -0.2) is 0 Å². The summed E-state index contributed by atoms with van der Waals surface area (Å²) in [4.78, 5) is 11.1. The molecule has 1 unspecified atom stereocenters. The van der Waals surface area contributed by atoms with E-state index in [2.05, 4.69) is 13.0 Å². The van der Waals surface area contributed by atoms with Crippen molar-refractivity contribution in [3.8, 4) is 0 Å². The third-order valence-electron chi connectivity index (χ3n) is 2.38. The van der Waals surface area contributed by atoms with Crippen molar-refractivity contribution in [2.24, 2.45) is 5.92 Å². The normalized spacial score (nSPS) is 20.0. The fraction of sp³-hybridized carbons (Fsp3) is 0.364. The van der Waals surface area contributed by atoms with E-state index < -0.39 is 0 Å². The summed E-state index contributed by atoms with van der Waals surface area (Å²) in [5.41, 5.74) is 1.85. The van der Waals surface area contributed by atoms with Crippen LogP contribution >= 0.6 is 0 Å².